The van der Waals surface area contributed by atoms with Crippen molar-refractivity contribution in [3.63, 3.8) is 0 Å². The van der Waals surface area contributed by atoms with Crippen molar-refractivity contribution < 1.29 is 37.0 Å². The fourth-order valence-corrected chi connectivity index (χ4v) is 4.99. The van der Waals surface area contributed by atoms with E-state index >= 15 is 0 Å². The Morgan fingerprint density at radius 3 is 2.49 bits per heavy atom. The second-order valence-corrected chi connectivity index (χ2v) is 9.32. The smallest absolute Gasteiger partial charge is 0.338 e. The minimum atomic E-state index is -4.14. The molecule has 0 saturated carbocycles. The molecular weight excluding hydrogens is 481 g/mol. The van der Waals surface area contributed by atoms with Crippen LogP contribution in [0.15, 0.2) is 65.6 Å². The Morgan fingerprint density at radius 2 is 1.80 bits per heavy atom. The summed E-state index contributed by atoms with van der Waals surface area (Å²) in [5, 5.41) is 11.4. The number of primary amides is 1. The number of nitrogens with zero attached hydrogens (tertiary/aromatic N) is 1. The second kappa shape index (κ2) is 9.06. The zero-order valence-electron chi connectivity index (χ0n) is 17.9. The summed E-state index contributed by atoms with van der Waals surface area (Å²) in [7, 11) is -4.14. The summed E-state index contributed by atoms with van der Waals surface area (Å²) in [6, 6.07) is 12.5. The summed E-state index contributed by atoms with van der Waals surface area (Å²) < 4.78 is 47.2. The van der Waals surface area contributed by atoms with Crippen LogP contribution in [-0.4, -0.2) is 44.5 Å². The van der Waals surface area contributed by atoms with Gasteiger partial charge in [0.25, 0.3) is 15.9 Å². The van der Waals surface area contributed by atoms with Gasteiger partial charge in [-0.25, -0.2) is 17.6 Å². The number of carbonyl (C=O) groups is 3. The van der Waals surface area contributed by atoms with E-state index in [-0.39, 0.29) is 46.3 Å². The number of aromatic carboxylic acids is 1. The molecule has 0 bridgehead atoms. The number of ether oxygens (including phenoxy) is 1. The van der Waals surface area contributed by atoms with E-state index in [1.54, 1.807) is 0 Å². The number of halogens is 1. The Kier molecular flexibility index (Phi) is 6.14. The first kappa shape index (κ1) is 23.7. The fraction of sp³-hybridized carbons (Fsp3) is 0.0870. The minimum Gasteiger partial charge on any atom is -0.489 e. The van der Waals surface area contributed by atoms with Gasteiger partial charge in [-0.05, 0) is 54.6 Å². The van der Waals surface area contributed by atoms with Crippen molar-refractivity contribution in [2.24, 2.45) is 5.73 Å². The van der Waals surface area contributed by atoms with E-state index in [1.807, 2.05) is 0 Å². The van der Waals surface area contributed by atoms with Crippen LogP contribution in [0.2, 0.25) is 0 Å². The first-order valence-corrected chi connectivity index (χ1v) is 11.6. The predicted octanol–water partition coefficient (Wildman–Crippen LogP) is 2.46. The molecule has 0 spiro atoms. The molecule has 0 radical (unpaired) electrons. The molecule has 12 heteroatoms. The molecule has 1 heterocycles. The molecule has 3 aromatic carbocycles. The normalized spacial score (nSPS) is 12.9. The molecule has 4 rings (SSSR count). The van der Waals surface area contributed by atoms with Crippen molar-refractivity contribution in [3.8, 4) is 5.75 Å². The van der Waals surface area contributed by atoms with Crippen LogP contribution in [0.3, 0.4) is 0 Å². The first-order valence-electron chi connectivity index (χ1n) is 10.1. The SMILES string of the molecule is NC(=O)c1cccc(S(=O)(=O)N2CCOc3ccc(C(=O)Nc4ccc(C(=O)O)c(F)c4)cc32)c1. The van der Waals surface area contributed by atoms with Crippen molar-refractivity contribution >= 4 is 39.2 Å². The molecule has 35 heavy (non-hydrogen) atoms. The monoisotopic (exact) mass is 499 g/mol. The fourth-order valence-electron chi connectivity index (χ4n) is 3.49. The van der Waals surface area contributed by atoms with E-state index in [1.165, 1.54) is 48.5 Å². The van der Waals surface area contributed by atoms with Gasteiger partial charge in [-0.15, -0.1) is 0 Å². The van der Waals surface area contributed by atoms with E-state index in [4.69, 9.17) is 15.6 Å². The number of amides is 2. The third-order valence-corrected chi connectivity index (χ3v) is 7.01. The molecule has 0 fully saturated rings. The number of carboxylic acid groups (broad SMARTS) is 1. The largest absolute Gasteiger partial charge is 0.489 e. The standard InChI is InChI=1S/C23H18FN3O7S/c24-18-12-15(5-6-17(18)23(30)31)26-22(29)14-4-7-20-19(11-14)27(8-9-34-20)35(32,33)16-3-1-2-13(10-16)21(25)28/h1-7,10-12H,8-9H2,(H2,25,28)(H,26,29)(H,30,31). The van der Waals surface area contributed by atoms with Gasteiger partial charge in [0.15, 0.2) is 0 Å². The maximum Gasteiger partial charge on any atom is 0.338 e. The highest BCUT2D eigenvalue weighted by atomic mass is 32.2. The number of carboxylic acids is 1. The molecule has 1 aliphatic heterocycles. The van der Waals surface area contributed by atoms with Gasteiger partial charge in [-0.2, -0.15) is 0 Å². The second-order valence-electron chi connectivity index (χ2n) is 7.45. The van der Waals surface area contributed by atoms with E-state index in [2.05, 4.69) is 5.32 Å². The van der Waals surface area contributed by atoms with Crippen LogP contribution in [0.25, 0.3) is 0 Å². The summed E-state index contributed by atoms with van der Waals surface area (Å²) in [4.78, 5) is 35.1. The number of carbonyl (C=O) groups excluding carboxylic acids is 2. The van der Waals surface area contributed by atoms with Gasteiger partial charge in [0.2, 0.25) is 5.91 Å². The number of nitrogens with two attached hydrogens (primary N) is 1. The number of benzene rings is 3. The van der Waals surface area contributed by atoms with Gasteiger partial charge in [0.05, 0.1) is 22.7 Å². The number of fused-ring (bicyclic) bond motifs is 1. The lowest BCUT2D eigenvalue weighted by Crippen LogP contribution is -2.38. The van der Waals surface area contributed by atoms with Crippen LogP contribution in [-0.2, 0) is 10.0 Å². The summed E-state index contributed by atoms with van der Waals surface area (Å²) in [5.41, 5.74) is 4.90. The van der Waals surface area contributed by atoms with E-state index < -0.39 is 39.2 Å². The third-order valence-electron chi connectivity index (χ3n) is 5.21. The Bertz CT molecular complexity index is 1470. The maximum atomic E-state index is 13.9. The minimum absolute atomic E-state index is 0.0132. The zero-order chi connectivity index (χ0) is 25.3. The van der Waals surface area contributed by atoms with E-state index in [9.17, 15) is 27.2 Å². The lowest BCUT2D eigenvalue weighted by atomic mass is 10.1. The highest BCUT2D eigenvalue weighted by Crippen LogP contribution is 2.36. The molecule has 3 aromatic rings. The van der Waals surface area contributed by atoms with Crippen LogP contribution in [0, 0.1) is 5.82 Å². The number of rotatable bonds is 6. The molecule has 180 valence electrons. The quantitative estimate of drug-likeness (QED) is 0.470. The average Bonchev–Trinajstić information content (AvgIpc) is 2.83. The van der Waals surface area contributed by atoms with Crippen molar-refractivity contribution in [1.82, 2.24) is 0 Å². The maximum absolute atomic E-state index is 13.9. The summed E-state index contributed by atoms with van der Waals surface area (Å²) in [5.74, 6) is -3.72. The van der Waals surface area contributed by atoms with Gasteiger partial charge in [-0.1, -0.05) is 6.07 Å². The molecule has 2 amide bonds. The first-order chi connectivity index (χ1) is 16.6. The van der Waals surface area contributed by atoms with Crippen molar-refractivity contribution in [2.45, 2.75) is 4.90 Å². The topological polar surface area (TPSA) is 156 Å². The lowest BCUT2D eigenvalue weighted by molar-refractivity contribution is 0.0691. The molecular formula is C23H18FN3O7S. The molecule has 0 unspecified atom stereocenters. The van der Waals surface area contributed by atoms with Crippen LogP contribution >= 0.6 is 0 Å². The number of hydrogen-bond acceptors (Lipinski definition) is 6. The number of hydrogen-bond donors (Lipinski definition) is 3. The molecule has 0 saturated heterocycles. The summed E-state index contributed by atoms with van der Waals surface area (Å²) in [6.07, 6.45) is 0. The molecule has 0 aromatic heterocycles. The third kappa shape index (κ3) is 4.64. The van der Waals surface area contributed by atoms with Gasteiger partial charge in [0, 0.05) is 16.8 Å². The van der Waals surface area contributed by atoms with Gasteiger partial charge in [-0.3, -0.25) is 13.9 Å². The van der Waals surface area contributed by atoms with Crippen LogP contribution in [0.4, 0.5) is 15.8 Å². The Balaban J connectivity index is 1.66. The number of anilines is 2. The van der Waals surface area contributed by atoms with E-state index in [0.717, 1.165) is 16.4 Å². The number of nitrogens with one attached hydrogen (secondary N) is 1. The molecule has 4 N–H and O–H groups in total. The Morgan fingerprint density at radius 1 is 1.03 bits per heavy atom. The Hall–Kier alpha value is -4.45. The van der Waals surface area contributed by atoms with E-state index in [0.29, 0.717) is 0 Å². The van der Waals surface area contributed by atoms with Crippen LogP contribution in [0.5, 0.6) is 5.75 Å². The highest BCUT2D eigenvalue weighted by Gasteiger charge is 2.31. The summed E-state index contributed by atoms with van der Waals surface area (Å²) in [6.45, 7) is 0.00551. The molecule has 0 atom stereocenters. The van der Waals surface area contributed by atoms with Crippen LogP contribution < -0.4 is 20.1 Å². The van der Waals surface area contributed by atoms with Gasteiger partial charge >= 0.3 is 5.97 Å². The average molecular weight is 499 g/mol. The van der Waals surface area contributed by atoms with Gasteiger partial charge in [0.1, 0.15) is 18.2 Å². The predicted molar refractivity (Wildman–Crippen MR) is 123 cm³/mol. The van der Waals surface area contributed by atoms with Crippen LogP contribution in [0.1, 0.15) is 31.1 Å². The molecule has 10 nitrogen and oxygen atoms in total. The van der Waals surface area contributed by atoms with Crippen molar-refractivity contribution in [2.75, 3.05) is 22.8 Å². The van der Waals surface area contributed by atoms with Gasteiger partial charge < -0.3 is 20.9 Å². The lowest BCUT2D eigenvalue weighted by Gasteiger charge is -2.30. The van der Waals surface area contributed by atoms with Crippen molar-refractivity contribution in [1.29, 1.82) is 0 Å². The summed E-state index contributed by atoms with van der Waals surface area (Å²) >= 11 is 0. The molecule has 0 aliphatic carbocycles. The highest BCUT2D eigenvalue weighted by molar-refractivity contribution is 7.92. The zero-order valence-corrected chi connectivity index (χ0v) is 18.7. The number of sulfonamides is 1. The Labute approximate surface area is 198 Å². The van der Waals surface area contributed by atoms with Crippen molar-refractivity contribution in [3.05, 3.63) is 83.2 Å². The molecule has 1 aliphatic rings.